The highest BCUT2D eigenvalue weighted by molar-refractivity contribution is 6.31. The van der Waals surface area contributed by atoms with Gasteiger partial charge in [0.1, 0.15) is 0 Å². The van der Waals surface area contributed by atoms with Gasteiger partial charge in [0.15, 0.2) is 0 Å². The molecule has 8 heteroatoms. The summed E-state index contributed by atoms with van der Waals surface area (Å²) in [5.41, 5.74) is 6.86. The van der Waals surface area contributed by atoms with Crippen LogP contribution in [0.15, 0.2) is 16.9 Å². The Morgan fingerprint density at radius 1 is 1.33 bits per heavy atom. The molecule has 0 radical (unpaired) electrons. The Bertz CT molecular complexity index is 840. The molecule has 1 aliphatic rings. The van der Waals surface area contributed by atoms with Gasteiger partial charge in [0.05, 0.1) is 10.9 Å². The molecule has 0 aliphatic carbocycles. The number of nitrogens with zero attached hydrogens (tertiary/aromatic N) is 3. The highest BCUT2D eigenvalue weighted by Crippen LogP contribution is 2.31. The van der Waals surface area contributed by atoms with Crippen LogP contribution in [0.25, 0.3) is 10.9 Å². The number of fused-ring (bicyclic) bond motifs is 1. The van der Waals surface area contributed by atoms with Crippen molar-refractivity contribution in [2.24, 2.45) is 12.8 Å². The van der Waals surface area contributed by atoms with E-state index in [9.17, 15) is 13.6 Å². The Labute approximate surface area is 143 Å². The van der Waals surface area contributed by atoms with Crippen LogP contribution in [0.2, 0.25) is 5.02 Å². The van der Waals surface area contributed by atoms with Gasteiger partial charge in [-0.05, 0) is 24.6 Å². The van der Waals surface area contributed by atoms with Crippen molar-refractivity contribution in [3.05, 3.63) is 33.1 Å². The third-order valence-corrected chi connectivity index (χ3v) is 4.64. The Balaban J connectivity index is 2.17. The maximum absolute atomic E-state index is 13.4. The molecule has 2 aromatic rings. The lowest BCUT2D eigenvalue weighted by Crippen LogP contribution is -2.42. The van der Waals surface area contributed by atoms with E-state index in [1.54, 1.807) is 31.0 Å². The van der Waals surface area contributed by atoms with E-state index < -0.39 is 5.92 Å². The fourth-order valence-corrected chi connectivity index (χ4v) is 3.25. The standard InChI is InChI=1S/C16H19ClF2N4O/c1-9(20)11-7-10(17)8-12-13(11)21-15(22(2)14(12)24)23-5-3-16(18,19)4-6-23/h7-9H,3-6,20H2,1-2H3. The zero-order valence-corrected chi connectivity index (χ0v) is 14.3. The minimum Gasteiger partial charge on any atom is -0.342 e. The van der Waals surface area contributed by atoms with Crippen molar-refractivity contribution in [3.63, 3.8) is 0 Å². The van der Waals surface area contributed by atoms with Gasteiger partial charge in [0, 0.05) is 44.0 Å². The fourth-order valence-electron chi connectivity index (χ4n) is 3.02. The van der Waals surface area contributed by atoms with Crippen molar-refractivity contribution >= 4 is 28.5 Å². The van der Waals surface area contributed by atoms with E-state index in [-0.39, 0.29) is 37.5 Å². The largest absolute Gasteiger partial charge is 0.342 e. The van der Waals surface area contributed by atoms with Gasteiger partial charge in [-0.15, -0.1) is 0 Å². The summed E-state index contributed by atoms with van der Waals surface area (Å²) in [6, 6.07) is 2.89. The van der Waals surface area contributed by atoms with Crippen LogP contribution in [-0.2, 0) is 7.05 Å². The summed E-state index contributed by atoms with van der Waals surface area (Å²) in [6.07, 6.45) is -0.497. The summed E-state index contributed by atoms with van der Waals surface area (Å²) in [7, 11) is 1.59. The number of halogens is 3. The zero-order chi connectivity index (χ0) is 17.6. The van der Waals surface area contributed by atoms with E-state index in [4.69, 9.17) is 17.3 Å². The minimum atomic E-state index is -2.66. The van der Waals surface area contributed by atoms with Crippen LogP contribution in [0.1, 0.15) is 31.4 Å². The molecular weight excluding hydrogens is 338 g/mol. The van der Waals surface area contributed by atoms with E-state index in [2.05, 4.69) is 4.98 Å². The first kappa shape index (κ1) is 17.1. The number of hydrogen-bond acceptors (Lipinski definition) is 4. The molecule has 2 heterocycles. The summed E-state index contributed by atoms with van der Waals surface area (Å²) >= 11 is 6.09. The Kier molecular flexibility index (Phi) is 4.25. The molecule has 0 bridgehead atoms. The molecule has 130 valence electrons. The number of aromatic nitrogens is 2. The maximum atomic E-state index is 13.4. The van der Waals surface area contributed by atoms with Crippen LogP contribution in [0.4, 0.5) is 14.7 Å². The monoisotopic (exact) mass is 356 g/mol. The van der Waals surface area contributed by atoms with Crippen molar-refractivity contribution in [2.75, 3.05) is 18.0 Å². The van der Waals surface area contributed by atoms with Gasteiger partial charge in [0.25, 0.3) is 11.5 Å². The molecule has 1 saturated heterocycles. The number of rotatable bonds is 2. The number of nitrogens with two attached hydrogens (primary N) is 1. The molecule has 2 N–H and O–H groups in total. The molecule has 1 aliphatic heterocycles. The topological polar surface area (TPSA) is 64.2 Å². The SMILES string of the molecule is CC(N)c1cc(Cl)cc2c(=O)n(C)c(N3CCC(F)(F)CC3)nc12. The Morgan fingerprint density at radius 3 is 2.54 bits per heavy atom. The minimum absolute atomic E-state index is 0.153. The molecule has 0 spiro atoms. The number of anilines is 1. The Hall–Kier alpha value is -1.73. The molecule has 1 fully saturated rings. The molecular formula is C16H19ClF2N4O. The smallest absolute Gasteiger partial charge is 0.262 e. The van der Waals surface area contributed by atoms with E-state index >= 15 is 0 Å². The van der Waals surface area contributed by atoms with E-state index in [1.165, 1.54) is 4.57 Å². The maximum Gasteiger partial charge on any atom is 0.262 e. The van der Waals surface area contributed by atoms with Crippen LogP contribution in [-0.4, -0.2) is 28.6 Å². The second-order valence-corrected chi connectivity index (χ2v) is 6.74. The second-order valence-electron chi connectivity index (χ2n) is 6.30. The third-order valence-electron chi connectivity index (χ3n) is 4.42. The van der Waals surface area contributed by atoms with Gasteiger partial charge < -0.3 is 10.6 Å². The molecule has 1 atom stereocenters. The van der Waals surface area contributed by atoms with E-state index in [0.29, 0.717) is 27.4 Å². The average Bonchev–Trinajstić information content (AvgIpc) is 2.51. The van der Waals surface area contributed by atoms with E-state index in [0.717, 1.165) is 0 Å². The molecule has 0 amide bonds. The lowest BCUT2D eigenvalue weighted by atomic mass is 10.0. The third kappa shape index (κ3) is 2.98. The van der Waals surface area contributed by atoms with Crippen LogP contribution >= 0.6 is 11.6 Å². The first-order valence-corrected chi connectivity index (χ1v) is 8.16. The Morgan fingerprint density at radius 2 is 1.96 bits per heavy atom. The van der Waals surface area contributed by atoms with Crippen molar-refractivity contribution in [2.45, 2.75) is 31.7 Å². The molecule has 5 nitrogen and oxygen atoms in total. The van der Waals surface area contributed by atoms with Gasteiger partial charge in [-0.1, -0.05) is 11.6 Å². The highest BCUT2D eigenvalue weighted by atomic mass is 35.5. The van der Waals surface area contributed by atoms with Gasteiger partial charge in [-0.2, -0.15) is 0 Å². The van der Waals surface area contributed by atoms with Crippen molar-refractivity contribution in [3.8, 4) is 0 Å². The zero-order valence-electron chi connectivity index (χ0n) is 13.5. The van der Waals surface area contributed by atoms with Crippen LogP contribution in [0, 0.1) is 0 Å². The van der Waals surface area contributed by atoms with Crippen molar-refractivity contribution in [1.82, 2.24) is 9.55 Å². The molecule has 1 unspecified atom stereocenters. The second kappa shape index (κ2) is 5.97. The van der Waals surface area contributed by atoms with E-state index in [1.807, 2.05) is 0 Å². The summed E-state index contributed by atoms with van der Waals surface area (Å²) < 4.78 is 28.2. The van der Waals surface area contributed by atoms with Crippen LogP contribution < -0.4 is 16.2 Å². The molecule has 1 aromatic carbocycles. The van der Waals surface area contributed by atoms with Crippen molar-refractivity contribution < 1.29 is 8.78 Å². The van der Waals surface area contributed by atoms with Crippen molar-refractivity contribution in [1.29, 1.82) is 0 Å². The molecule has 3 rings (SSSR count). The molecule has 1 aromatic heterocycles. The summed E-state index contributed by atoms with van der Waals surface area (Å²) in [6.45, 7) is 2.09. The summed E-state index contributed by atoms with van der Waals surface area (Å²) in [5.74, 6) is -2.27. The molecule has 0 saturated carbocycles. The molecule has 24 heavy (non-hydrogen) atoms. The van der Waals surface area contributed by atoms with Crippen LogP contribution in [0.3, 0.4) is 0 Å². The highest BCUT2D eigenvalue weighted by Gasteiger charge is 2.35. The first-order valence-electron chi connectivity index (χ1n) is 7.78. The van der Waals surface area contributed by atoms with Gasteiger partial charge in [-0.3, -0.25) is 9.36 Å². The predicted octanol–water partition coefficient (Wildman–Crippen LogP) is 2.84. The quantitative estimate of drug-likeness (QED) is 0.898. The summed E-state index contributed by atoms with van der Waals surface area (Å²) in [5, 5.41) is 0.794. The van der Waals surface area contributed by atoms with Crippen LogP contribution in [0.5, 0.6) is 0 Å². The van der Waals surface area contributed by atoms with Gasteiger partial charge >= 0.3 is 0 Å². The normalized spacial score (nSPS) is 18.8. The number of piperidine rings is 1. The summed E-state index contributed by atoms with van der Waals surface area (Å²) in [4.78, 5) is 19.0. The van der Waals surface area contributed by atoms with Gasteiger partial charge in [-0.25, -0.2) is 13.8 Å². The predicted molar refractivity (Wildman–Crippen MR) is 91.0 cm³/mol. The number of hydrogen-bond donors (Lipinski definition) is 1. The fraction of sp³-hybridized carbons (Fsp3) is 0.500. The van der Waals surface area contributed by atoms with Gasteiger partial charge in [0.2, 0.25) is 5.95 Å². The number of alkyl halides is 2. The first-order chi connectivity index (χ1) is 11.2. The lowest BCUT2D eigenvalue weighted by Gasteiger charge is -2.33. The number of benzene rings is 1. The lowest BCUT2D eigenvalue weighted by molar-refractivity contribution is -0.0223. The average molecular weight is 357 g/mol.